The fourth-order valence-corrected chi connectivity index (χ4v) is 2.93. The van der Waals surface area contributed by atoms with Gasteiger partial charge in [-0.15, -0.1) is 0 Å². The van der Waals surface area contributed by atoms with Crippen LogP contribution in [0.5, 0.6) is 11.5 Å². The van der Waals surface area contributed by atoms with Gasteiger partial charge in [0.05, 0.1) is 3.57 Å². The van der Waals surface area contributed by atoms with Crippen LogP contribution < -0.4 is 10.1 Å². The van der Waals surface area contributed by atoms with E-state index in [0.29, 0.717) is 6.04 Å². The first-order chi connectivity index (χ1) is 9.11. The average Bonchev–Trinajstić information content (AvgIpc) is 2.41. The van der Waals surface area contributed by atoms with E-state index in [2.05, 4.69) is 56.8 Å². The average molecular weight is 432 g/mol. The van der Waals surface area contributed by atoms with E-state index in [1.54, 1.807) is 0 Å². The minimum atomic E-state index is 0.306. The number of ether oxygens (including phenoxy) is 1. The molecule has 0 spiro atoms. The van der Waals surface area contributed by atoms with Crippen LogP contribution in [-0.4, -0.2) is 7.05 Å². The summed E-state index contributed by atoms with van der Waals surface area (Å²) in [7, 11) is 1.95. The monoisotopic (exact) mass is 431 g/mol. The Labute approximate surface area is 135 Å². The van der Waals surface area contributed by atoms with Crippen LogP contribution in [0.4, 0.5) is 0 Å². The minimum Gasteiger partial charge on any atom is -0.456 e. The zero-order chi connectivity index (χ0) is 13.8. The fraction of sp³-hybridized carbons (Fsp3) is 0.200. The summed E-state index contributed by atoms with van der Waals surface area (Å²) in [6.45, 7) is 2.13. The van der Waals surface area contributed by atoms with Gasteiger partial charge in [0.25, 0.3) is 0 Å². The van der Waals surface area contributed by atoms with Crippen LogP contribution >= 0.6 is 38.5 Å². The van der Waals surface area contributed by atoms with E-state index in [1.165, 1.54) is 5.56 Å². The van der Waals surface area contributed by atoms with Crippen molar-refractivity contribution in [1.82, 2.24) is 5.32 Å². The normalized spacial score (nSPS) is 12.2. The van der Waals surface area contributed by atoms with Gasteiger partial charge in [0.15, 0.2) is 0 Å². The maximum atomic E-state index is 5.90. The zero-order valence-electron chi connectivity index (χ0n) is 10.8. The van der Waals surface area contributed by atoms with Crippen molar-refractivity contribution in [2.24, 2.45) is 0 Å². The first-order valence-electron chi connectivity index (χ1n) is 6.01. The van der Waals surface area contributed by atoms with Gasteiger partial charge in [0, 0.05) is 10.5 Å². The fourth-order valence-electron chi connectivity index (χ4n) is 1.73. The molecule has 0 aliphatic rings. The number of hydrogen-bond donors (Lipinski definition) is 1. The SMILES string of the molecule is CNC(C)c1ccc(Oc2ccccc2I)cc1Br. The molecule has 0 aliphatic carbocycles. The van der Waals surface area contributed by atoms with Crippen molar-refractivity contribution in [3.8, 4) is 11.5 Å². The molecule has 2 aromatic carbocycles. The Balaban J connectivity index is 2.24. The zero-order valence-corrected chi connectivity index (χ0v) is 14.5. The third-order valence-corrected chi connectivity index (χ3v) is 4.51. The second-order valence-electron chi connectivity index (χ2n) is 4.23. The van der Waals surface area contributed by atoms with Crippen molar-refractivity contribution in [3.05, 3.63) is 56.1 Å². The van der Waals surface area contributed by atoms with Crippen LogP contribution in [-0.2, 0) is 0 Å². The van der Waals surface area contributed by atoms with E-state index in [4.69, 9.17) is 4.74 Å². The van der Waals surface area contributed by atoms with Gasteiger partial charge >= 0.3 is 0 Å². The summed E-state index contributed by atoms with van der Waals surface area (Å²) in [5.41, 5.74) is 1.22. The standard InChI is InChI=1S/C15H15BrINO/c1-10(18-2)12-8-7-11(9-13(12)16)19-15-6-4-3-5-14(15)17/h3-10,18H,1-2H3. The van der Waals surface area contributed by atoms with E-state index < -0.39 is 0 Å². The molecule has 2 rings (SSSR count). The Morgan fingerprint density at radius 1 is 1.21 bits per heavy atom. The molecule has 0 saturated heterocycles. The topological polar surface area (TPSA) is 21.3 Å². The lowest BCUT2D eigenvalue weighted by Gasteiger charge is -2.14. The molecule has 0 fully saturated rings. The molecule has 100 valence electrons. The minimum absolute atomic E-state index is 0.306. The summed E-state index contributed by atoms with van der Waals surface area (Å²) < 4.78 is 8.05. The summed E-state index contributed by atoms with van der Waals surface area (Å²) in [5.74, 6) is 1.72. The van der Waals surface area contributed by atoms with Gasteiger partial charge in [-0.05, 0) is 66.4 Å². The first kappa shape index (κ1) is 14.8. The molecule has 0 aliphatic heterocycles. The van der Waals surface area contributed by atoms with Crippen molar-refractivity contribution < 1.29 is 4.74 Å². The molecule has 0 aromatic heterocycles. The molecule has 1 N–H and O–H groups in total. The van der Waals surface area contributed by atoms with E-state index in [0.717, 1.165) is 19.5 Å². The van der Waals surface area contributed by atoms with Crippen molar-refractivity contribution in [2.75, 3.05) is 7.05 Å². The molecule has 19 heavy (non-hydrogen) atoms. The van der Waals surface area contributed by atoms with Gasteiger partial charge in [0.1, 0.15) is 11.5 Å². The van der Waals surface area contributed by atoms with Crippen molar-refractivity contribution >= 4 is 38.5 Å². The van der Waals surface area contributed by atoms with E-state index in [-0.39, 0.29) is 0 Å². The number of hydrogen-bond acceptors (Lipinski definition) is 2. The largest absolute Gasteiger partial charge is 0.456 e. The highest BCUT2D eigenvalue weighted by Crippen LogP contribution is 2.31. The molecule has 0 heterocycles. The molecule has 2 aromatic rings. The van der Waals surface area contributed by atoms with Gasteiger partial charge in [-0.25, -0.2) is 0 Å². The highest BCUT2D eigenvalue weighted by atomic mass is 127. The van der Waals surface area contributed by atoms with Gasteiger partial charge < -0.3 is 10.1 Å². The van der Waals surface area contributed by atoms with E-state index in [9.17, 15) is 0 Å². The number of halogens is 2. The lowest BCUT2D eigenvalue weighted by molar-refractivity contribution is 0.478. The lowest BCUT2D eigenvalue weighted by Crippen LogP contribution is -2.12. The highest BCUT2D eigenvalue weighted by Gasteiger charge is 2.09. The van der Waals surface area contributed by atoms with E-state index in [1.807, 2.05) is 43.4 Å². The van der Waals surface area contributed by atoms with Crippen LogP contribution in [0.25, 0.3) is 0 Å². The third kappa shape index (κ3) is 3.70. The molecule has 1 unspecified atom stereocenters. The Kier molecular flexibility index (Phi) is 5.24. The smallest absolute Gasteiger partial charge is 0.140 e. The maximum absolute atomic E-state index is 5.90. The molecular weight excluding hydrogens is 417 g/mol. The van der Waals surface area contributed by atoms with Gasteiger partial charge in [-0.3, -0.25) is 0 Å². The molecule has 0 saturated carbocycles. The Morgan fingerprint density at radius 2 is 1.95 bits per heavy atom. The predicted molar refractivity (Wildman–Crippen MR) is 90.8 cm³/mol. The Morgan fingerprint density at radius 3 is 2.58 bits per heavy atom. The number of nitrogens with one attached hydrogen (secondary N) is 1. The Hall–Kier alpha value is -0.590. The van der Waals surface area contributed by atoms with Crippen LogP contribution in [0.15, 0.2) is 46.9 Å². The van der Waals surface area contributed by atoms with Crippen LogP contribution in [0.2, 0.25) is 0 Å². The maximum Gasteiger partial charge on any atom is 0.140 e. The second kappa shape index (κ2) is 6.72. The molecule has 1 atom stereocenters. The van der Waals surface area contributed by atoms with Crippen LogP contribution in [0.3, 0.4) is 0 Å². The van der Waals surface area contributed by atoms with Crippen molar-refractivity contribution in [2.45, 2.75) is 13.0 Å². The van der Waals surface area contributed by atoms with Gasteiger partial charge in [0.2, 0.25) is 0 Å². The quantitative estimate of drug-likeness (QED) is 0.678. The van der Waals surface area contributed by atoms with Gasteiger partial charge in [-0.2, -0.15) is 0 Å². The lowest BCUT2D eigenvalue weighted by atomic mass is 10.1. The highest BCUT2D eigenvalue weighted by molar-refractivity contribution is 14.1. The summed E-state index contributed by atoms with van der Waals surface area (Å²) in [5, 5.41) is 3.23. The molecule has 0 radical (unpaired) electrons. The van der Waals surface area contributed by atoms with Crippen molar-refractivity contribution in [1.29, 1.82) is 0 Å². The summed E-state index contributed by atoms with van der Waals surface area (Å²) >= 11 is 5.87. The number of rotatable bonds is 4. The third-order valence-electron chi connectivity index (χ3n) is 2.94. The van der Waals surface area contributed by atoms with Crippen molar-refractivity contribution in [3.63, 3.8) is 0 Å². The number of para-hydroxylation sites is 1. The van der Waals surface area contributed by atoms with Crippen LogP contribution in [0.1, 0.15) is 18.5 Å². The predicted octanol–water partition coefficient (Wildman–Crippen LogP) is 5.13. The first-order valence-corrected chi connectivity index (χ1v) is 7.88. The summed E-state index contributed by atoms with van der Waals surface area (Å²) in [4.78, 5) is 0. The van der Waals surface area contributed by atoms with Gasteiger partial charge in [-0.1, -0.05) is 34.1 Å². The Bertz CT molecular complexity index is 574. The molecule has 4 heteroatoms. The number of benzene rings is 2. The summed E-state index contributed by atoms with van der Waals surface area (Å²) in [6, 6.07) is 14.4. The van der Waals surface area contributed by atoms with E-state index >= 15 is 0 Å². The molecule has 0 amide bonds. The van der Waals surface area contributed by atoms with Crippen LogP contribution in [0, 0.1) is 3.57 Å². The second-order valence-corrected chi connectivity index (χ2v) is 6.24. The summed E-state index contributed by atoms with van der Waals surface area (Å²) in [6.07, 6.45) is 0. The molecule has 2 nitrogen and oxygen atoms in total. The molecule has 0 bridgehead atoms. The molecular formula is C15H15BrINO.